The molecule has 12 heteroatoms. The summed E-state index contributed by atoms with van der Waals surface area (Å²) >= 11 is 0.833. The lowest BCUT2D eigenvalue weighted by Crippen LogP contribution is -2.72. The molecular weight excluding hydrogens is 438 g/mol. The fourth-order valence-electron chi connectivity index (χ4n) is 3.34. The van der Waals surface area contributed by atoms with E-state index in [1.807, 2.05) is 0 Å². The quantitative estimate of drug-likeness (QED) is 0.542. The molecule has 1 aromatic carbocycles. The summed E-state index contributed by atoms with van der Waals surface area (Å²) in [4.78, 5) is 25.0. The molecule has 30 heavy (non-hydrogen) atoms. The molecule has 1 aromatic heterocycles. The molecule has 0 bridgehead atoms. The number of nitrogens with zero attached hydrogens (tertiary/aromatic N) is 1. The van der Waals surface area contributed by atoms with Crippen molar-refractivity contribution in [1.82, 2.24) is 10.2 Å². The Morgan fingerprint density at radius 3 is 2.20 bits per heavy atom. The maximum Gasteiger partial charge on any atom is 0.437 e. The second-order valence-corrected chi connectivity index (χ2v) is 7.60. The van der Waals surface area contributed by atoms with Gasteiger partial charge in [0.2, 0.25) is 0 Å². The van der Waals surface area contributed by atoms with E-state index in [-0.39, 0.29) is 15.3 Å². The van der Waals surface area contributed by atoms with Crippen molar-refractivity contribution in [3.8, 4) is 0 Å². The number of urea groups is 1. The van der Waals surface area contributed by atoms with Crippen LogP contribution in [-0.4, -0.2) is 40.8 Å². The third-order valence-electron chi connectivity index (χ3n) is 4.92. The average molecular weight is 452 g/mol. The summed E-state index contributed by atoms with van der Waals surface area (Å²) in [5, 5.41) is 14.3. The molecular formula is C18H14F6N2O3S. The van der Waals surface area contributed by atoms with Crippen LogP contribution in [0.2, 0.25) is 0 Å². The van der Waals surface area contributed by atoms with Crippen molar-refractivity contribution in [3.63, 3.8) is 0 Å². The number of halogens is 6. The van der Waals surface area contributed by atoms with Crippen LogP contribution in [-0.2, 0) is 6.18 Å². The van der Waals surface area contributed by atoms with Gasteiger partial charge in [0.1, 0.15) is 5.92 Å². The number of hydrogen-bond acceptors (Lipinski definition) is 4. The van der Waals surface area contributed by atoms with Crippen LogP contribution >= 0.6 is 11.3 Å². The predicted molar refractivity (Wildman–Crippen MR) is 93.6 cm³/mol. The van der Waals surface area contributed by atoms with E-state index in [9.17, 15) is 41.0 Å². The van der Waals surface area contributed by atoms with Crippen molar-refractivity contribution in [2.24, 2.45) is 5.92 Å². The lowest BCUT2D eigenvalue weighted by molar-refractivity contribution is -0.322. The summed E-state index contributed by atoms with van der Waals surface area (Å²) in [5.41, 5.74) is -5.14. The van der Waals surface area contributed by atoms with Gasteiger partial charge in [-0.25, -0.2) is 4.79 Å². The van der Waals surface area contributed by atoms with Gasteiger partial charge in [0.25, 0.3) is 5.72 Å². The fourth-order valence-corrected chi connectivity index (χ4v) is 4.04. The minimum atomic E-state index is -5.43. The zero-order valence-electron chi connectivity index (χ0n) is 15.1. The lowest BCUT2D eigenvalue weighted by atomic mass is 9.77. The predicted octanol–water partition coefficient (Wildman–Crippen LogP) is 4.21. The van der Waals surface area contributed by atoms with Crippen molar-refractivity contribution in [1.29, 1.82) is 0 Å². The van der Waals surface area contributed by atoms with E-state index in [1.165, 1.54) is 17.5 Å². The second-order valence-electron chi connectivity index (χ2n) is 6.65. The second kappa shape index (κ2) is 7.27. The molecule has 2 N–H and O–H groups in total. The number of rotatable bonds is 3. The Hall–Kier alpha value is -2.60. The molecule has 0 aliphatic carbocycles. The van der Waals surface area contributed by atoms with Gasteiger partial charge in [0.05, 0.1) is 16.5 Å². The molecule has 2 amide bonds. The number of Topliss-reactive ketones (excluding diaryl/α,β-unsaturated/α-hetero) is 1. The molecule has 1 fully saturated rings. The summed E-state index contributed by atoms with van der Waals surface area (Å²) in [7, 11) is 0.681. The molecule has 2 aromatic rings. The van der Waals surface area contributed by atoms with Crippen molar-refractivity contribution in [2.45, 2.75) is 24.1 Å². The van der Waals surface area contributed by atoms with Gasteiger partial charge in [-0.3, -0.25) is 9.69 Å². The van der Waals surface area contributed by atoms with Gasteiger partial charge in [-0.05, 0) is 29.1 Å². The van der Waals surface area contributed by atoms with Crippen LogP contribution in [0.5, 0.6) is 0 Å². The molecule has 3 atom stereocenters. The molecule has 0 spiro atoms. The number of carbonyl (C=O) groups excluding carboxylic acids is 2. The molecule has 1 aliphatic rings. The SMILES string of the molecule is CN1C(=O)N[C@@H](c2ccc(C(F)(F)F)cc2)[C@@H](C(=O)c2cccs2)[C@]1(O)C(F)(F)F. The molecule has 3 rings (SSSR count). The van der Waals surface area contributed by atoms with Gasteiger partial charge in [-0.15, -0.1) is 11.3 Å². The van der Waals surface area contributed by atoms with Gasteiger partial charge in [-0.1, -0.05) is 18.2 Å². The number of hydrogen-bond donors (Lipinski definition) is 2. The van der Waals surface area contributed by atoms with E-state index in [0.717, 1.165) is 23.5 Å². The van der Waals surface area contributed by atoms with Gasteiger partial charge in [0.15, 0.2) is 5.78 Å². The fraction of sp³-hybridized carbons (Fsp3) is 0.333. The first-order valence-corrected chi connectivity index (χ1v) is 9.24. The zero-order chi connectivity index (χ0) is 22.5. The number of thiophene rings is 1. The van der Waals surface area contributed by atoms with Crippen molar-refractivity contribution in [2.75, 3.05) is 7.05 Å². The third-order valence-corrected chi connectivity index (χ3v) is 5.81. The van der Waals surface area contributed by atoms with Crippen LogP contribution in [0.25, 0.3) is 0 Å². The minimum Gasteiger partial charge on any atom is -0.363 e. The van der Waals surface area contributed by atoms with Crippen LogP contribution < -0.4 is 5.32 Å². The lowest BCUT2D eigenvalue weighted by Gasteiger charge is -2.49. The molecule has 0 radical (unpaired) electrons. The summed E-state index contributed by atoms with van der Waals surface area (Å²) < 4.78 is 80.3. The molecule has 1 aliphatic heterocycles. The molecule has 0 unspecified atom stereocenters. The number of aliphatic hydroxyl groups is 1. The van der Waals surface area contributed by atoms with E-state index in [0.29, 0.717) is 19.2 Å². The molecule has 2 heterocycles. The third kappa shape index (κ3) is 3.54. The van der Waals surface area contributed by atoms with Crippen LogP contribution in [0.3, 0.4) is 0 Å². The molecule has 0 saturated carbocycles. The topological polar surface area (TPSA) is 69.6 Å². The van der Waals surface area contributed by atoms with Crippen molar-refractivity contribution < 1.29 is 41.0 Å². The van der Waals surface area contributed by atoms with E-state index < -0.39 is 47.4 Å². The van der Waals surface area contributed by atoms with E-state index in [4.69, 9.17) is 0 Å². The van der Waals surface area contributed by atoms with E-state index >= 15 is 0 Å². The van der Waals surface area contributed by atoms with E-state index in [2.05, 4.69) is 5.32 Å². The monoisotopic (exact) mass is 452 g/mol. The minimum absolute atomic E-state index is 0.0241. The summed E-state index contributed by atoms with van der Waals surface area (Å²) in [6, 6.07) is 2.59. The zero-order valence-corrected chi connectivity index (χ0v) is 15.9. The first-order chi connectivity index (χ1) is 13.8. The number of alkyl halides is 6. The standard InChI is InChI=1S/C18H14F6N2O3S/c1-26-15(28)25-13(9-4-6-10(7-5-9)17(19,20)21)12(16(26,29)18(22,23)24)14(27)11-3-2-8-30-11/h2-8,12-13,29H,1H3,(H,25,28)/t12-,13-,16-/m0/s1. The van der Waals surface area contributed by atoms with Crippen molar-refractivity contribution >= 4 is 23.2 Å². The maximum atomic E-state index is 13.9. The highest BCUT2D eigenvalue weighted by Gasteiger charge is 2.69. The summed E-state index contributed by atoms with van der Waals surface area (Å²) in [5.74, 6) is -3.38. The van der Waals surface area contributed by atoms with Gasteiger partial charge < -0.3 is 10.4 Å². The van der Waals surface area contributed by atoms with Gasteiger partial charge in [-0.2, -0.15) is 26.3 Å². The van der Waals surface area contributed by atoms with Crippen molar-refractivity contribution in [3.05, 3.63) is 57.8 Å². The highest BCUT2D eigenvalue weighted by molar-refractivity contribution is 7.12. The normalized spacial score (nSPS) is 25.2. The van der Waals surface area contributed by atoms with Gasteiger partial charge in [0, 0.05) is 7.05 Å². The van der Waals surface area contributed by atoms with Crippen LogP contribution in [0.4, 0.5) is 31.1 Å². The highest BCUT2D eigenvalue weighted by atomic mass is 32.1. The number of benzene rings is 1. The molecule has 162 valence electrons. The summed E-state index contributed by atoms with van der Waals surface area (Å²) in [6.45, 7) is 0. The Bertz CT molecular complexity index is 942. The molecule has 1 saturated heterocycles. The Labute approximate surface area is 169 Å². The number of amides is 2. The van der Waals surface area contributed by atoms with Gasteiger partial charge >= 0.3 is 18.4 Å². The summed E-state index contributed by atoms with van der Waals surface area (Å²) in [6.07, 6.45) is -10.1. The van der Waals surface area contributed by atoms with Crippen LogP contribution in [0.1, 0.15) is 26.8 Å². The smallest absolute Gasteiger partial charge is 0.363 e. The Balaban J connectivity index is 2.16. The highest BCUT2D eigenvalue weighted by Crippen LogP contribution is 2.48. The average Bonchev–Trinajstić information content (AvgIpc) is 3.18. The number of ketones is 1. The first-order valence-electron chi connectivity index (χ1n) is 8.36. The van der Waals surface area contributed by atoms with E-state index in [1.54, 1.807) is 0 Å². The first kappa shape index (κ1) is 22.1. The number of nitrogens with one attached hydrogen (secondary N) is 1. The van der Waals surface area contributed by atoms with Crippen LogP contribution in [0.15, 0.2) is 41.8 Å². The largest absolute Gasteiger partial charge is 0.437 e. The Kier molecular flexibility index (Phi) is 5.35. The Morgan fingerprint density at radius 1 is 1.13 bits per heavy atom. The number of carbonyl (C=O) groups is 2. The van der Waals surface area contributed by atoms with Crippen LogP contribution in [0, 0.1) is 5.92 Å². The maximum absolute atomic E-state index is 13.9. The Morgan fingerprint density at radius 2 is 1.73 bits per heavy atom. The molecule has 5 nitrogen and oxygen atoms in total.